The molecule has 0 radical (unpaired) electrons. The third kappa shape index (κ3) is 6.81. The summed E-state index contributed by atoms with van der Waals surface area (Å²) in [6, 6.07) is 23.3. The van der Waals surface area contributed by atoms with E-state index in [-0.39, 0.29) is 18.1 Å². The Bertz CT molecular complexity index is 1600. The van der Waals surface area contributed by atoms with Crippen LogP contribution in [0, 0.1) is 0 Å². The Hall–Kier alpha value is -4.15. The monoisotopic (exact) mass is 618 g/mol. The summed E-state index contributed by atoms with van der Waals surface area (Å²) in [5.41, 5.74) is 4.61. The van der Waals surface area contributed by atoms with Crippen LogP contribution in [0.15, 0.2) is 78.9 Å². The first-order valence-corrected chi connectivity index (χ1v) is 16.6. The molecule has 0 saturated carbocycles. The van der Waals surface area contributed by atoms with Gasteiger partial charge in [-0.2, -0.15) is 0 Å². The second-order valence-electron chi connectivity index (χ2n) is 11.2. The number of phenolic OH excluding ortho intramolecular Hbond substituents is 1. The van der Waals surface area contributed by atoms with Crippen molar-refractivity contribution in [3.8, 4) is 5.75 Å². The maximum absolute atomic E-state index is 14.1. The maximum atomic E-state index is 14.1. The highest BCUT2D eigenvalue weighted by atomic mass is 32.2. The fraction of sp³-hybridized carbons (Fsp3) is 0.353. The number of carboxylic acid groups (broad SMARTS) is 1. The van der Waals surface area contributed by atoms with E-state index in [0.717, 1.165) is 35.1 Å². The number of aliphatic carboxylic acids is 1. The number of fused-ring (bicyclic) bond motifs is 2. The molecule has 2 aliphatic rings. The molecule has 0 aliphatic carbocycles. The molecule has 2 heterocycles. The number of carboxylic acids is 1. The zero-order valence-corrected chi connectivity index (χ0v) is 25.5. The van der Waals surface area contributed by atoms with E-state index in [1.165, 1.54) is 4.31 Å². The molecule has 1 fully saturated rings. The van der Waals surface area contributed by atoms with Gasteiger partial charge < -0.3 is 20.3 Å². The summed E-state index contributed by atoms with van der Waals surface area (Å²) < 4.78 is 36.0. The van der Waals surface area contributed by atoms with Crippen molar-refractivity contribution in [2.45, 2.75) is 69.3 Å². The number of rotatable bonds is 14. The summed E-state index contributed by atoms with van der Waals surface area (Å²) in [5, 5.41) is 20.8. The lowest BCUT2D eigenvalue weighted by molar-refractivity contribution is -0.137. The van der Waals surface area contributed by atoms with Crippen molar-refractivity contribution in [2.24, 2.45) is 0 Å². The quantitative estimate of drug-likeness (QED) is 0.187. The second-order valence-corrected chi connectivity index (χ2v) is 13.2. The van der Waals surface area contributed by atoms with Gasteiger partial charge in [0, 0.05) is 25.1 Å². The Kier molecular flexibility index (Phi) is 9.71. The van der Waals surface area contributed by atoms with Crippen LogP contribution >= 0.6 is 0 Å². The molecule has 3 unspecified atom stereocenters. The number of hydrogen-bond acceptors (Lipinski definition) is 6. The van der Waals surface area contributed by atoms with E-state index in [1.807, 2.05) is 49.4 Å². The van der Waals surface area contributed by atoms with Gasteiger partial charge in [-0.05, 0) is 84.9 Å². The first kappa shape index (κ1) is 31.3. The third-order valence-corrected chi connectivity index (χ3v) is 10.5. The summed E-state index contributed by atoms with van der Waals surface area (Å²) in [6.45, 7) is 2.12. The predicted molar refractivity (Wildman–Crippen MR) is 171 cm³/mol. The van der Waals surface area contributed by atoms with Crippen LogP contribution in [0.2, 0.25) is 0 Å². The van der Waals surface area contributed by atoms with Crippen LogP contribution in [0.3, 0.4) is 0 Å². The van der Waals surface area contributed by atoms with Gasteiger partial charge >= 0.3 is 5.97 Å². The van der Waals surface area contributed by atoms with Crippen LogP contribution in [0.1, 0.15) is 63.0 Å². The topological polar surface area (TPSA) is 133 Å². The second kappa shape index (κ2) is 13.7. The fourth-order valence-corrected chi connectivity index (χ4v) is 8.17. The van der Waals surface area contributed by atoms with E-state index in [4.69, 9.17) is 9.84 Å². The number of nitrogens with one attached hydrogen (secondary N) is 1. The Morgan fingerprint density at radius 2 is 1.48 bits per heavy atom. The van der Waals surface area contributed by atoms with E-state index in [0.29, 0.717) is 43.6 Å². The largest absolute Gasteiger partial charge is 0.508 e. The van der Waals surface area contributed by atoms with Gasteiger partial charge in [-0.25, -0.2) is 8.42 Å². The number of benzene rings is 3. The lowest BCUT2D eigenvalue weighted by Gasteiger charge is -2.31. The van der Waals surface area contributed by atoms with Crippen LogP contribution < -0.4 is 9.62 Å². The normalized spacial score (nSPS) is 19.2. The first-order valence-electron chi connectivity index (χ1n) is 15.1. The van der Waals surface area contributed by atoms with Crippen LogP contribution in [0.25, 0.3) is 11.1 Å². The number of phenols is 1. The van der Waals surface area contributed by atoms with Gasteiger partial charge in [0.05, 0.1) is 11.8 Å². The van der Waals surface area contributed by atoms with Gasteiger partial charge in [0.1, 0.15) is 17.1 Å². The third-order valence-electron chi connectivity index (χ3n) is 8.22. The van der Waals surface area contributed by atoms with Gasteiger partial charge in [0.15, 0.2) is 0 Å². The van der Waals surface area contributed by atoms with Gasteiger partial charge in [0.25, 0.3) is 0 Å². The van der Waals surface area contributed by atoms with Gasteiger partial charge in [-0.1, -0.05) is 55.3 Å². The average molecular weight is 619 g/mol. The molecule has 1 amide bonds. The minimum atomic E-state index is -3.78. The van der Waals surface area contributed by atoms with E-state index in [9.17, 15) is 23.1 Å². The zero-order valence-electron chi connectivity index (χ0n) is 24.7. The van der Waals surface area contributed by atoms with Crippen LogP contribution in [-0.2, 0) is 24.3 Å². The number of aromatic hydroxyl groups is 1. The summed E-state index contributed by atoms with van der Waals surface area (Å²) in [6.07, 6.45) is 2.55. The molecule has 10 heteroatoms. The van der Waals surface area contributed by atoms with Crippen molar-refractivity contribution >= 4 is 44.4 Å². The Labute approximate surface area is 258 Å². The standard InChI is InChI=1S/C34H38N2O7S/c1-2-36(26-10-6-5-7-11-26)44(41,42)29-22-28-32(23-16-20-27(37)21-17-23)33(34(29)43-28)24-14-18-25(19-15-24)35-30(38)12-8-3-4-9-13-31(39)40/h5-7,10-11,14-21,28-29,34,37H,2-4,8-9,12-13,22H2,1H3,(H,35,38)(H,39,40). The number of amides is 1. The molecular weight excluding hydrogens is 580 g/mol. The molecular formula is C34H38N2O7S. The van der Waals surface area contributed by atoms with Crippen LogP contribution in [-0.4, -0.2) is 54.5 Å². The van der Waals surface area contributed by atoms with Crippen molar-refractivity contribution < 1.29 is 33.0 Å². The maximum Gasteiger partial charge on any atom is 0.303 e. The molecule has 3 N–H and O–H groups in total. The van der Waals surface area contributed by atoms with Crippen LogP contribution in [0.5, 0.6) is 5.75 Å². The summed E-state index contributed by atoms with van der Waals surface area (Å²) in [7, 11) is -3.78. The highest BCUT2D eigenvalue weighted by molar-refractivity contribution is 7.93. The molecule has 9 nitrogen and oxygen atoms in total. The van der Waals surface area contributed by atoms with E-state index < -0.39 is 33.5 Å². The number of carbonyl (C=O) groups is 2. The average Bonchev–Trinajstić information content (AvgIpc) is 3.61. The predicted octanol–water partition coefficient (Wildman–Crippen LogP) is 6.06. The van der Waals surface area contributed by atoms with Crippen molar-refractivity contribution in [1.82, 2.24) is 0 Å². The Morgan fingerprint density at radius 3 is 2.11 bits per heavy atom. The minimum absolute atomic E-state index is 0.116. The molecule has 2 bridgehead atoms. The number of para-hydroxylation sites is 1. The Morgan fingerprint density at radius 1 is 0.864 bits per heavy atom. The number of anilines is 2. The van der Waals surface area contributed by atoms with Crippen LogP contribution in [0.4, 0.5) is 11.4 Å². The number of sulfonamides is 1. The Balaban J connectivity index is 1.37. The van der Waals surface area contributed by atoms with Crippen molar-refractivity contribution in [3.63, 3.8) is 0 Å². The van der Waals surface area contributed by atoms with Gasteiger partial charge in [-0.3, -0.25) is 13.9 Å². The number of nitrogens with zero attached hydrogens (tertiary/aromatic N) is 1. The summed E-state index contributed by atoms with van der Waals surface area (Å²) in [5.74, 6) is -0.779. The van der Waals surface area contributed by atoms with E-state index in [2.05, 4.69) is 5.32 Å². The van der Waals surface area contributed by atoms with E-state index in [1.54, 1.807) is 36.4 Å². The summed E-state index contributed by atoms with van der Waals surface area (Å²) >= 11 is 0. The molecule has 3 aromatic rings. The SMILES string of the molecule is CCN(c1ccccc1)S(=O)(=O)C1CC2OC1C(c1ccc(NC(=O)CCCCCCC(=O)O)cc1)=C2c1ccc(O)cc1. The lowest BCUT2D eigenvalue weighted by atomic mass is 9.83. The van der Waals surface area contributed by atoms with Crippen molar-refractivity contribution in [2.75, 3.05) is 16.2 Å². The zero-order chi connectivity index (χ0) is 31.3. The molecule has 5 rings (SSSR count). The molecule has 232 valence electrons. The smallest absolute Gasteiger partial charge is 0.303 e. The molecule has 44 heavy (non-hydrogen) atoms. The molecule has 3 atom stereocenters. The first-order chi connectivity index (χ1) is 21.2. The molecule has 0 aromatic heterocycles. The van der Waals surface area contributed by atoms with E-state index >= 15 is 0 Å². The highest BCUT2D eigenvalue weighted by Crippen LogP contribution is 2.51. The van der Waals surface area contributed by atoms with Gasteiger partial charge in [-0.15, -0.1) is 0 Å². The summed E-state index contributed by atoms with van der Waals surface area (Å²) in [4.78, 5) is 23.1. The minimum Gasteiger partial charge on any atom is -0.508 e. The molecule has 2 aliphatic heterocycles. The number of ether oxygens (including phenoxy) is 1. The number of hydrogen-bond donors (Lipinski definition) is 3. The van der Waals surface area contributed by atoms with Gasteiger partial charge in [0.2, 0.25) is 15.9 Å². The highest BCUT2D eigenvalue weighted by Gasteiger charge is 2.54. The molecule has 1 saturated heterocycles. The molecule has 3 aromatic carbocycles. The number of carbonyl (C=O) groups excluding carboxylic acids is 1. The van der Waals surface area contributed by atoms with Crippen molar-refractivity contribution in [1.29, 1.82) is 0 Å². The fourth-order valence-electron chi connectivity index (χ4n) is 6.14. The number of unbranched alkanes of at least 4 members (excludes halogenated alkanes) is 3. The van der Waals surface area contributed by atoms with Crippen molar-refractivity contribution in [3.05, 3.63) is 90.0 Å². The lowest BCUT2D eigenvalue weighted by Crippen LogP contribution is -2.43. The molecule has 0 spiro atoms.